The van der Waals surface area contributed by atoms with E-state index in [0.29, 0.717) is 19.5 Å². The highest BCUT2D eigenvalue weighted by molar-refractivity contribution is 5.73. The van der Waals surface area contributed by atoms with E-state index in [1.165, 1.54) is 0 Å². The van der Waals surface area contributed by atoms with Crippen LogP contribution in [0.25, 0.3) is 0 Å². The topological polar surface area (TPSA) is 78.4 Å². The molecule has 0 rings (SSSR count). The van der Waals surface area contributed by atoms with E-state index in [-0.39, 0.29) is 17.9 Å². The smallest absolute Gasteiger partial charge is 0.315 e. The van der Waals surface area contributed by atoms with Crippen LogP contribution in [0.5, 0.6) is 0 Å². The number of urea groups is 1. The van der Waals surface area contributed by atoms with Gasteiger partial charge in [-0.3, -0.25) is 4.79 Å². The van der Waals surface area contributed by atoms with E-state index in [9.17, 15) is 9.59 Å². The largest absolute Gasteiger partial charge is 0.481 e. The fourth-order valence-corrected chi connectivity index (χ4v) is 1.31. The SMILES string of the molecule is C=CCNC(=O)NCCC(C)(C)CCC(=O)O. The first-order valence-corrected chi connectivity index (χ1v) is 5.72. The third-order valence-electron chi connectivity index (χ3n) is 2.51. The van der Waals surface area contributed by atoms with Crippen molar-refractivity contribution in [1.82, 2.24) is 10.6 Å². The Hall–Kier alpha value is -1.52. The van der Waals surface area contributed by atoms with Gasteiger partial charge in [-0.15, -0.1) is 6.58 Å². The van der Waals surface area contributed by atoms with Crippen molar-refractivity contribution in [3.63, 3.8) is 0 Å². The summed E-state index contributed by atoms with van der Waals surface area (Å²) < 4.78 is 0. The highest BCUT2D eigenvalue weighted by Crippen LogP contribution is 2.25. The second-order valence-electron chi connectivity index (χ2n) is 4.73. The Balaban J connectivity index is 3.74. The molecule has 3 N–H and O–H groups in total. The molecule has 5 nitrogen and oxygen atoms in total. The maximum atomic E-state index is 11.2. The van der Waals surface area contributed by atoms with Crippen LogP contribution in [0, 0.1) is 5.41 Å². The number of hydrogen-bond donors (Lipinski definition) is 3. The molecule has 0 bridgehead atoms. The minimum absolute atomic E-state index is 0.0793. The van der Waals surface area contributed by atoms with Crippen LogP contribution < -0.4 is 10.6 Å². The number of carbonyl (C=O) groups is 2. The highest BCUT2D eigenvalue weighted by Gasteiger charge is 2.18. The van der Waals surface area contributed by atoms with Gasteiger partial charge >= 0.3 is 12.0 Å². The van der Waals surface area contributed by atoms with Gasteiger partial charge in [0.05, 0.1) is 0 Å². The van der Waals surface area contributed by atoms with Crippen molar-refractivity contribution < 1.29 is 14.7 Å². The Labute approximate surface area is 102 Å². The average Bonchev–Trinajstić information content (AvgIpc) is 2.23. The number of carbonyl (C=O) groups excluding carboxylic acids is 1. The molecule has 0 atom stereocenters. The summed E-state index contributed by atoms with van der Waals surface area (Å²) in [5.74, 6) is -0.783. The van der Waals surface area contributed by atoms with E-state index in [0.717, 1.165) is 6.42 Å². The molecule has 0 heterocycles. The summed E-state index contributed by atoms with van der Waals surface area (Å²) in [7, 11) is 0. The predicted molar refractivity (Wildman–Crippen MR) is 66.9 cm³/mol. The number of carboxylic acid groups (broad SMARTS) is 1. The van der Waals surface area contributed by atoms with Crippen molar-refractivity contribution in [2.45, 2.75) is 33.1 Å². The molecule has 98 valence electrons. The van der Waals surface area contributed by atoms with E-state index in [1.54, 1.807) is 6.08 Å². The van der Waals surface area contributed by atoms with Crippen LogP contribution in [0.15, 0.2) is 12.7 Å². The summed E-state index contributed by atoms with van der Waals surface area (Å²) >= 11 is 0. The Morgan fingerprint density at radius 1 is 1.29 bits per heavy atom. The van der Waals surface area contributed by atoms with Gasteiger partial charge in [0.2, 0.25) is 0 Å². The van der Waals surface area contributed by atoms with Crippen molar-refractivity contribution in [2.24, 2.45) is 5.41 Å². The summed E-state index contributed by atoms with van der Waals surface area (Å²) in [6.45, 7) is 8.47. The van der Waals surface area contributed by atoms with Crippen molar-refractivity contribution in [3.8, 4) is 0 Å². The number of nitrogens with one attached hydrogen (secondary N) is 2. The van der Waals surface area contributed by atoms with Gasteiger partial charge in [0, 0.05) is 19.5 Å². The molecule has 0 aliphatic carbocycles. The van der Waals surface area contributed by atoms with Gasteiger partial charge in [-0.1, -0.05) is 19.9 Å². The molecule has 0 saturated carbocycles. The number of amides is 2. The normalized spacial score (nSPS) is 10.7. The van der Waals surface area contributed by atoms with E-state index < -0.39 is 5.97 Å². The standard InChI is InChI=1S/C12H22N2O3/c1-4-8-13-11(17)14-9-7-12(2,3)6-5-10(15)16/h4H,1,5-9H2,2-3H3,(H,15,16)(H2,13,14,17). The van der Waals surface area contributed by atoms with Crippen molar-refractivity contribution in [3.05, 3.63) is 12.7 Å². The zero-order valence-corrected chi connectivity index (χ0v) is 10.6. The third-order valence-corrected chi connectivity index (χ3v) is 2.51. The van der Waals surface area contributed by atoms with Crippen molar-refractivity contribution in [2.75, 3.05) is 13.1 Å². The molecular weight excluding hydrogens is 220 g/mol. The number of rotatable bonds is 8. The van der Waals surface area contributed by atoms with Crippen LogP contribution in [-0.4, -0.2) is 30.2 Å². The molecule has 0 unspecified atom stereocenters. The highest BCUT2D eigenvalue weighted by atomic mass is 16.4. The molecular formula is C12H22N2O3. The predicted octanol–water partition coefficient (Wildman–Crippen LogP) is 1.75. The number of carboxylic acids is 1. The van der Waals surface area contributed by atoms with E-state index in [2.05, 4.69) is 17.2 Å². The van der Waals surface area contributed by atoms with E-state index in [4.69, 9.17) is 5.11 Å². The Morgan fingerprint density at radius 3 is 2.47 bits per heavy atom. The summed E-state index contributed by atoms with van der Waals surface area (Å²) in [5.41, 5.74) is -0.0793. The van der Waals surface area contributed by atoms with Gasteiger partial charge in [0.1, 0.15) is 0 Å². The lowest BCUT2D eigenvalue weighted by Crippen LogP contribution is -2.37. The maximum absolute atomic E-state index is 11.2. The van der Waals surface area contributed by atoms with Gasteiger partial charge in [-0.2, -0.15) is 0 Å². The lowest BCUT2D eigenvalue weighted by Gasteiger charge is -2.23. The second-order valence-corrected chi connectivity index (χ2v) is 4.73. The van der Waals surface area contributed by atoms with Crippen LogP contribution >= 0.6 is 0 Å². The first-order chi connectivity index (χ1) is 7.87. The minimum atomic E-state index is -0.783. The molecule has 5 heteroatoms. The summed E-state index contributed by atoms with van der Waals surface area (Å²) in [6.07, 6.45) is 3.13. The van der Waals surface area contributed by atoms with Crippen molar-refractivity contribution >= 4 is 12.0 Å². The van der Waals surface area contributed by atoms with Crippen LogP contribution in [0.2, 0.25) is 0 Å². The van der Waals surface area contributed by atoms with Gasteiger partial charge in [0.15, 0.2) is 0 Å². The molecule has 0 aliphatic rings. The summed E-state index contributed by atoms with van der Waals surface area (Å²) in [5, 5.41) is 13.9. The number of aliphatic carboxylic acids is 1. The summed E-state index contributed by atoms with van der Waals surface area (Å²) in [6, 6.07) is -0.223. The van der Waals surface area contributed by atoms with Crippen LogP contribution in [0.4, 0.5) is 4.79 Å². The maximum Gasteiger partial charge on any atom is 0.315 e. The number of hydrogen-bond acceptors (Lipinski definition) is 2. The zero-order chi connectivity index (χ0) is 13.3. The molecule has 2 amide bonds. The van der Waals surface area contributed by atoms with Crippen LogP contribution in [0.3, 0.4) is 0 Å². The molecule has 17 heavy (non-hydrogen) atoms. The quantitative estimate of drug-likeness (QED) is 0.567. The Morgan fingerprint density at radius 2 is 1.94 bits per heavy atom. The molecule has 0 spiro atoms. The Kier molecular flexibility index (Phi) is 7.02. The van der Waals surface area contributed by atoms with Crippen molar-refractivity contribution in [1.29, 1.82) is 0 Å². The molecule has 0 radical (unpaired) electrons. The van der Waals surface area contributed by atoms with Gasteiger partial charge in [0.25, 0.3) is 0 Å². The average molecular weight is 242 g/mol. The van der Waals surface area contributed by atoms with Gasteiger partial charge < -0.3 is 15.7 Å². The van der Waals surface area contributed by atoms with Crippen LogP contribution in [0.1, 0.15) is 33.1 Å². The molecule has 0 aromatic carbocycles. The second kappa shape index (κ2) is 7.70. The zero-order valence-electron chi connectivity index (χ0n) is 10.6. The monoisotopic (exact) mass is 242 g/mol. The minimum Gasteiger partial charge on any atom is -0.481 e. The third kappa shape index (κ3) is 9.41. The molecule has 0 aromatic heterocycles. The fraction of sp³-hybridized carbons (Fsp3) is 0.667. The fourth-order valence-electron chi connectivity index (χ4n) is 1.31. The van der Waals surface area contributed by atoms with Gasteiger partial charge in [-0.25, -0.2) is 4.79 Å². The lowest BCUT2D eigenvalue weighted by molar-refractivity contribution is -0.137. The molecule has 0 saturated heterocycles. The summed E-state index contributed by atoms with van der Waals surface area (Å²) in [4.78, 5) is 21.6. The lowest BCUT2D eigenvalue weighted by atomic mass is 9.84. The van der Waals surface area contributed by atoms with E-state index >= 15 is 0 Å². The van der Waals surface area contributed by atoms with E-state index in [1.807, 2.05) is 13.8 Å². The Bertz CT molecular complexity index is 275. The molecule has 0 fully saturated rings. The molecule has 0 aliphatic heterocycles. The first-order valence-electron chi connectivity index (χ1n) is 5.72. The van der Waals surface area contributed by atoms with Gasteiger partial charge in [-0.05, 0) is 18.3 Å². The first kappa shape index (κ1) is 15.5. The van der Waals surface area contributed by atoms with Crippen LogP contribution in [-0.2, 0) is 4.79 Å². The molecule has 0 aromatic rings.